The maximum atomic E-state index is 5.06. The molecule has 0 saturated carbocycles. The zero-order chi connectivity index (χ0) is 10.1. The molecule has 13 heavy (non-hydrogen) atoms. The molecule has 0 saturated heterocycles. The Balaban J connectivity index is 4.45. The minimum absolute atomic E-state index is 0.355. The quantitative estimate of drug-likeness (QED) is 0.462. The molecule has 0 unspecified atom stereocenters. The highest BCUT2D eigenvalue weighted by atomic mass is 16.7. The Morgan fingerprint density at radius 3 is 2.15 bits per heavy atom. The first-order valence-electron chi connectivity index (χ1n) is 3.97. The Morgan fingerprint density at radius 2 is 1.77 bits per heavy atom. The van der Waals surface area contributed by atoms with Crippen molar-refractivity contribution in [1.29, 1.82) is 0 Å². The number of hydrogen-bond acceptors (Lipinski definition) is 2. The molecule has 72 valence electrons. The maximum absolute atomic E-state index is 5.06. The van der Waals surface area contributed by atoms with E-state index in [4.69, 9.17) is 9.47 Å². The van der Waals surface area contributed by atoms with Crippen LogP contribution in [0.25, 0.3) is 0 Å². The monoisotopic (exact) mass is 180 g/mol. The highest BCUT2D eigenvalue weighted by Crippen LogP contribution is 2.07. The molecule has 0 atom stereocenters. The molecule has 0 amide bonds. The van der Waals surface area contributed by atoms with Gasteiger partial charge in [-0.3, -0.25) is 0 Å². The van der Waals surface area contributed by atoms with Crippen molar-refractivity contribution in [2.75, 3.05) is 14.2 Å². The van der Waals surface area contributed by atoms with Crippen LogP contribution in [-0.2, 0) is 9.47 Å². The van der Waals surface area contributed by atoms with E-state index >= 15 is 0 Å². The van der Waals surface area contributed by atoms with Gasteiger partial charge < -0.3 is 9.47 Å². The van der Waals surface area contributed by atoms with Gasteiger partial charge in [-0.25, -0.2) is 0 Å². The number of rotatable bonds is 6. The molecule has 2 nitrogen and oxygen atoms in total. The molecular formula is C11H16O2. The molecule has 0 aromatic heterocycles. The lowest BCUT2D eigenvalue weighted by Gasteiger charge is -2.13. The van der Waals surface area contributed by atoms with Gasteiger partial charge in [-0.05, 0) is 0 Å². The summed E-state index contributed by atoms with van der Waals surface area (Å²) in [6.45, 7) is 7.23. The van der Waals surface area contributed by atoms with Gasteiger partial charge in [0.05, 0.1) is 0 Å². The molecule has 0 aliphatic heterocycles. The van der Waals surface area contributed by atoms with Gasteiger partial charge in [0, 0.05) is 19.8 Å². The highest BCUT2D eigenvalue weighted by molar-refractivity contribution is 5.25. The summed E-state index contributed by atoms with van der Waals surface area (Å²) in [5, 5.41) is 0. The van der Waals surface area contributed by atoms with Gasteiger partial charge >= 0.3 is 0 Å². The zero-order valence-corrected chi connectivity index (χ0v) is 8.19. The van der Waals surface area contributed by atoms with Crippen molar-refractivity contribution in [2.24, 2.45) is 0 Å². The van der Waals surface area contributed by atoms with Crippen LogP contribution in [-0.4, -0.2) is 20.5 Å². The van der Waals surface area contributed by atoms with Gasteiger partial charge in [0.25, 0.3) is 0 Å². The fourth-order valence-electron chi connectivity index (χ4n) is 0.856. The van der Waals surface area contributed by atoms with Crippen LogP contribution in [0.4, 0.5) is 0 Å². The molecule has 0 fully saturated rings. The minimum Gasteiger partial charge on any atom is -0.352 e. The van der Waals surface area contributed by atoms with Crippen molar-refractivity contribution in [2.45, 2.75) is 6.29 Å². The van der Waals surface area contributed by atoms with E-state index in [-0.39, 0.29) is 6.29 Å². The predicted molar refractivity (Wildman–Crippen MR) is 55.4 cm³/mol. The van der Waals surface area contributed by atoms with Crippen molar-refractivity contribution in [3.8, 4) is 0 Å². The lowest BCUT2D eigenvalue weighted by Crippen LogP contribution is -2.14. The topological polar surface area (TPSA) is 18.5 Å². The van der Waals surface area contributed by atoms with E-state index in [1.807, 2.05) is 18.2 Å². The Labute approximate surface area is 79.9 Å². The average molecular weight is 180 g/mol. The smallest absolute Gasteiger partial charge is 0.183 e. The molecule has 0 N–H and O–H groups in total. The van der Waals surface area contributed by atoms with E-state index in [1.54, 1.807) is 26.4 Å². The van der Waals surface area contributed by atoms with Crippen LogP contribution in [0.1, 0.15) is 0 Å². The first-order chi connectivity index (χ1) is 6.29. The summed E-state index contributed by atoms with van der Waals surface area (Å²) < 4.78 is 10.1. The van der Waals surface area contributed by atoms with Crippen molar-refractivity contribution in [1.82, 2.24) is 0 Å². The average Bonchev–Trinajstić information content (AvgIpc) is 2.17. The molecular weight excluding hydrogens is 164 g/mol. The number of methoxy groups -OCH3 is 2. The largest absolute Gasteiger partial charge is 0.352 e. The first kappa shape index (κ1) is 11.9. The van der Waals surface area contributed by atoms with Gasteiger partial charge in [-0.2, -0.15) is 0 Å². The number of ether oxygens (including phenoxy) is 2. The fourth-order valence-corrected chi connectivity index (χ4v) is 0.856. The Bertz CT molecular complexity index is 210. The van der Waals surface area contributed by atoms with Gasteiger partial charge in [0.15, 0.2) is 6.29 Å². The second-order valence-electron chi connectivity index (χ2n) is 2.29. The second-order valence-corrected chi connectivity index (χ2v) is 2.29. The summed E-state index contributed by atoms with van der Waals surface area (Å²) in [6, 6.07) is 0. The zero-order valence-electron chi connectivity index (χ0n) is 8.19. The summed E-state index contributed by atoms with van der Waals surface area (Å²) in [5.41, 5.74) is 0.878. The molecule has 0 aliphatic carbocycles. The number of hydrogen-bond donors (Lipinski definition) is 0. The summed E-state index contributed by atoms with van der Waals surface area (Å²) in [7, 11) is 3.17. The SMILES string of the molecule is C=C/C=C\C=C(/C=C)C(OC)OC. The molecule has 0 aliphatic rings. The standard InChI is InChI=1S/C11H16O2/c1-5-7-8-9-10(6-2)11(12-3)13-4/h5-9,11H,1-2H2,3-4H3/b8-7-,10-9+. The van der Waals surface area contributed by atoms with Crippen LogP contribution in [0.5, 0.6) is 0 Å². The fraction of sp³-hybridized carbons (Fsp3) is 0.273. The van der Waals surface area contributed by atoms with E-state index in [2.05, 4.69) is 13.2 Å². The lowest BCUT2D eigenvalue weighted by molar-refractivity contribution is -0.0724. The van der Waals surface area contributed by atoms with E-state index in [0.29, 0.717) is 0 Å². The van der Waals surface area contributed by atoms with Crippen molar-refractivity contribution in [3.05, 3.63) is 49.1 Å². The molecule has 2 heteroatoms. The molecule has 0 aromatic carbocycles. The molecule has 0 radical (unpaired) electrons. The van der Waals surface area contributed by atoms with Crippen LogP contribution in [0.15, 0.2) is 49.1 Å². The van der Waals surface area contributed by atoms with Crippen LogP contribution in [0.2, 0.25) is 0 Å². The van der Waals surface area contributed by atoms with Gasteiger partial charge in [-0.1, -0.05) is 43.5 Å². The summed E-state index contributed by atoms with van der Waals surface area (Å²) in [6.07, 6.45) is 8.59. The maximum Gasteiger partial charge on any atom is 0.183 e. The van der Waals surface area contributed by atoms with Crippen LogP contribution < -0.4 is 0 Å². The van der Waals surface area contributed by atoms with Crippen LogP contribution >= 0.6 is 0 Å². The first-order valence-corrected chi connectivity index (χ1v) is 3.97. The molecule has 0 aromatic rings. The van der Waals surface area contributed by atoms with Crippen molar-refractivity contribution < 1.29 is 9.47 Å². The van der Waals surface area contributed by atoms with Gasteiger partial charge in [-0.15, -0.1) is 0 Å². The second kappa shape index (κ2) is 7.53. The molecule has 0 heterocycles. The molecule has 0 rings (SSSR count). The lowest BCUT2D eigenvalue weighted by atomic mass is 10.2. The molecule has 0 spiro atoms. The van der Waals surface area contributed by atoms with E-state index < -0.39 is 0 Å². The van der Waals surface area contributed by atoms with E-state index in [9.17, 15) is 0 Å². The minimum atomic E-state index is -0.355. The van der Waals surface area contributed by atoms with Crippen molar-refractivity contribution in [3.63, 3.8) is 0 Å². The van der Waals surface area contributed by atoms with E-state index in [1.165, 1.54) is 0 Å². The third-order valence-electron chi connectivity index (χ3n) is 1.47. The van der Waals surface area contributed by atoms with Gasteiger partial charge in [0.2, 0.25) is 0 Å². The summed E-state index contributed by atoms with van der Waals surface area (Å²) in [4.78, 5) is 0. The highest BCUT2D eigenvalue weighted by Gasteiger charge is 2.06. The van der Waals surface area contributed by atoms with Crippen LogP contribution in [0, 0.1) is 0 Å². The van der Waals surface area contributed by atoms with E-state index in [0.717, 1.165) is 5.57 Å². The summed E-state index contributed by atoms with van der Waals surface area (Å²) in [5.74, 6) is 0. The third-order valence-corrected chi connectivity index (χ3v) is 1.47. The predicted octanol–water partition coefficient (Wildman–Crippen LogP) is 2.46. The van der Waals surface area contributed by atoms with Gasteiger partial charge in [0.1, 0.15) is 0 Å². The number of allylic oxidation sites excluding steroid dienone is 4. The molecule has 0 bridgehead atoms. The van der Waals surface area contributed by atoms with Crippen molar-refractivity contribution >= 4 is 0 Å². The Morgan fingerprint density at radius 1 is 1.15 bits per heavy atom. The van der Waals surface area contributed by atoms with Crippen LogP contribution in [0.3, 0.4) is 0 Å². The normalized spacial score (nSPS) is 12.4. The Hall–Kier alpha value is -1.12. The summed E-state index contributed by atoms with van der Waals surface area (Å²) >= 11 is 0. The third kappa shape index (κ3) is 4.45. The Kier molecular flexibility index (Phi) is 6.88.